The number of aromatic nitrogens is 7. The molecule has 0 unspecified atom stereocenters. The van der Waals surface area contributed by atoms with E-state index in [1.54, 1.807) is 10.9 Å². The number of hydrogen-bond acceptors (Lipinski definition) is 5. The number of pyridine rings is 1. The fraction of sp³-hybridized carbons (Fsp3) is 0.111. The Hall–Kier alpha value is -3.52. The van der Waals surface area contributed by atoms with Crippen LogP contribution in [0, 0.1) is 0 Å². The molecule has 0 aliphatic rings. The minimum Gasteiger partial charge on any atom is -0.326 e. The highest BCUT2D eigenvalue weighted by Crippen LogP contribution is 2.20. The molecule has 0 radical (unpaired) electrons. The van der Waals surface area contributed by atoms with Crippen LogP contribution in [0.1, 0.15) is 17.0 Å². The lowest BCUT2D eigenvalue weighted by Crippen LogP contribution is -1.97. The summed E-state index contributed by atoms with van der Waals surface area (Å²) in [5.41, 5.74) is 11.4. The van der Waals surface area contributed by atoms with E-state index in [-0.39, 0.29) is 0 Å². The van der Waals surface area contributed by atoms with Gasteiger partial charge in [0.15, 0.2) is 0 Å². The normalized spacial score (nSPS) is 11.6. The third kappa shape index (κ3) is 2.44. The van der Waals surface area contributed by atoms with E-state index in [4.69, 9.17) is 5.73 Å². The molecule has 0 amide bonds. The summed E-state index contributed by atoms with van der Waals surface area (Å²) in [5, 5.41) is 16.6. The van der Waals surface area contributed by atoms with E-state index in [1.807, 2.05) is 53.3 Å². The van der Waals surface area contributed by atoms with Gasteiger partial charge in [0.05, 0.1) is 35.0 Å². The Morgan fingerprint density at radius 1 is 1.04 bits per heavy atom. The minimum atomic E-state index is 0.511. The van der Waals surface area contributed by atoms with Crippen molar-refractivity contribution in [3.8, 4) is 5.69 Å². The fourth-order valence-electron chi connectivity index (χ4n) is 3.13. The number of benzene rings is 1. The van der Waals surface area contributed by atoms with Gasteiger partial charge in [-0.2, -0.15) is 5.10 Å². The number of nitrogens with zero attached hydrogens (tertiary/aromatic N) is 6. The molecule has 0 saturated heterocycles. The molecule has 0 atom stereocenters. The Bertz CT molecular complexity index is 1210. The highest BCUT2D eigenvalue weighted by atomic mass is 15.4. The van der Waals surface area contributed by atoms with Gasteiger partial charge >= 0.3 is 0 Å². The van der Waals surface area contributed by atoms with Crippen molar-refractivity contribution in [3.05, 3.63) is 72.1 Å². The summed E-state index contributed by atoms with van der Waals surface area (Å²) in [5.74, 6) is 0. The Kier molecular flexibility index (Phi) is 3.29. The number of nitrogens with two attached hydrogens (primary N) is 1. The number of hydrogen-bond donors (Lipinski definition) is 2. The second-order valence-electron chi connectivity index (χ2n) is 6.18. The summed E-state index contributed by atoms with van der Waals surface area (Å²) in [6.07, 6.45) is 8.34. The lowest BCUT2D eigenvalue weighted by Gasteiger charge is -2.00. The predicted octanol–water partition coefficient (Wildman–Crippen LogP) is 1.84. The Balaban J connectivity index is 1.46. The van der Waals surface area contributed by atoms with Gasteiger partial charge in [-0.25, -0.2) is 9.67 Å². The fourth-order valence-corrected chi connectivity index (χ4v) is 3.13. The van der Waals surface area contributed by atoms with Crippen molar-refractivity contribution in [1.82, 2.24) is 34.6 Å². The molecule has 4 heterocycles. The summed E-state index contributed by atoms with van der Waals surface area (Å²) in [6.45, 7) is 0.511. The van der Waals surface area contributed by atoms with Crippen LogP contribution in [-0.2, 0) is 13.0 Å². The first-order valence-corrected chi connectivity index (χ1v) is 8.30. The molecule has 0 bridgehead atoms. The first-order valence-electron chi connectivity index (χ1n) is 8.30. The summed E-state index contributed by atoms with van der Waals surface area (Å²) in [6, 6.07) is 9.91. The lowest BCUT2D eigenvalue weighted by molar-refractivity contribution is 0.803. The summed E-state index contributed by atoms with van der Waals surface area (Å²) in [4.78, 5) is 4.64. The number of fused-ring (bicyclic) bond motifs is 2. The monoisotopic (exact) mass is 344 g/mol. The number of rotatable bonds is 4. The van der Waals surface area contributed by atoms with Crippen LogP contribution in [0.25, 0.3) is 22.2 Å². The first-order chi connectivity index (χ1) is 12.8. The molecule has 0 aliphatic heterocycles. The first kappa shape index (κ1) is 14.8. The second kappa shape index (κ2) is 5.78. The molecule has 5 aromatic rings. The van der Waals surface area contributed by atoms with E-state index in [0.29, 0.717) is 13.0 Å². The van der Waals surface area contributed by atoms with Crippen molar-refractivity contribution in [2.45, 2.75) is 13.0 Å². The molecule has 3 N–H and O–H groups in total. The van der Waals surface area contributed by atoms with Gasteiger partial charge in [0.25, 0.3) is 0 Å². The zero-order valence-corrected chi connectivity index (χ0v) is 13.9. The average molecular weight is 344 g/mol. The summed E-state index contributed by atoms with van der Waals surface area (Å²) in [7, 11) is 0. The van der Waals surface area contributed by atoms with Crippen LogP contribution < -0.4 is 5.73 Å². The largest absolute Gasteiger partial charge is 0.326 e. The van der Waals surface area contributed by atoms with E-state index >= 15 is 0 Å². The van der Waals surface area contributed by atoms with Gasteiger partial charge in [-0.3, -0.25) is 5.10 Å². The molecule has 0 aliphatic carbocycles. The van der Waals surface area contributed by atoms with E-state index in [0.717, 1.165) is 39.2 Å². The molecule has 26 heavy (non-hydrogen) atoms. The van der Waals surface area contributed by atoms with Crippen LogP contribution in [0.2, 0.25) is 0 Å². The summed E-state index contributed by atoms with van der Waals surface area (Å²) < 4.78 is 3.77. The predicted molar refractivity (Wildman–Crippen MR) is 96.9 cm³/mol. The Morgan fingerprint density at radius 2 is 2.00 bits per heavy atom. The highest BCUT2D eigenvalue weighted by Gasteiger charge is 2.10. The average Bonchev–Trinajstić information content (AvgIpc) is 3.39. The molecule has 128 valence electrons. The van der Waals surface area contributed by atoms with Gasteiger partial charge in [0.1, 0.15) is 5.65 Å². The van der Waals surface area contributed by atoms with Crippen molar-refractivity contribution in [1.29, 1.82) is 0 Å². The van der Waals surface area contributed by atoms with E-state index < -0.39 is 0 Å². The Morgan fingerprint density at radius 3 is 2.92 bits per heavy atom. The van der Waals surface area contributed by atoms with Crippen LogP contribution in [0.4, 0.5) is 0 Å². The number of H-pyrrole nitrogens is 1. The third-order valence-electron chi connectivity index (χ3n) is 4.41. The van der Waals surface area contributed by atoms with Crippen LogP contribution in [0.5, 0.6) is 0 Å². The van der Waals surface area contributed by atoms with Crippen LogP contribution in [0.15, 0.2) is 55.1 Å². The molecule has 0 spiro atoms. The third-order valence-corrected chi connectivity index (χ3v) is 4.41. The van der Waals surface area contributed by atoms with Crippen molar-refractivity contribution in [3.63, 3.8) is 0 Å². The lowest BCUT2D eigenvalue weighted by atomic mass is 10.2. The van der Waals surface area contributed by atoms with Gasteiger partial charge < -0.3 is 10.1 Å². The molecule has 5 rings (SSSR count). The maximum Gasteiger partial charge on any atom is 0.137 e. The molecule has 4 aromatic heterocycles. The molecule has 0 saturated carbocycles. The number of imidazole rings is 1. The van der Waals surface area contributed by atoms with E-state index in [1.165, 1.54) is 0 Å². The van der Waals surface area contributed by atoms with Crippen molar-refractivity contribution >= 4 is 16.6 Å². The van der Waals surface area contributed by atoms with Crippen LogP contribution >= 0.6 is 0 Å². The van der Waals surface area contributed by atoms with Gasteiger partial charge in [-0.1, -0.05) is 17.3 Å². The molecule has 8 nitrogen and oxygen atoms in total. The molecule has 8 heteroatoms. The Labute approximate surface area is 148 Å². The van der Waals surface area contributed by atoms with Gasteiger partial charge in [-0.15, -0.1) is 5.10 Å². The standard InChI is InChI=1S/C18H16N8/c19-7-12-4-5-18-21-13(10-25(18)9-12)6-14-11-26(24-22-14)17-3-1-2-16-15(17)8-20-23-16/h1-5,8-11H,6-7,19H2,(H,20,23). The zero-order chi connectivity index (χ0) is 17.5. The second-order valence-corrected chi connectivity index (χ2v) is 6.18. The van der Waals surface area contributed by atoms with E-state index in [9.17, 15) is 0 Å². The molecule has 0 fully saturated rings. The van der Waals surface area contributed by atoms with Crippen LogP contribution in [-0.4, -0.2) is 34.6 Å². The molecular weight excluding hydrogens is 328 g/mol. The summed E-state index contributed by atoms with van der Waals surface area (Å²) >= 11 is 0. The van der Waals surface area contributed by atoms with Crippen molar-refractivity contribution in [2.24, 2.45) is 5.73 Å². The highest BCUT2D eigenvalue weighted by molar-refractivity contribution is 5.86. The van der Waals surface area contributed by atoms with Gasteiger partial charge in [0, 0.05) is 30.7 Å². The number of aromatic amines is 1. The molecular formula is C18H16N8. The van der Waals surface area contributed by atoms with Crippen molar-refractivity contribution in [2.75, 3.05) is 0 Å². The minimum absolute atomic E-state index is 0.511. The maximum absolute atomic E-state index is 5.70. The zero-order valence-electron chi connectivity index (χ0n) is 13.9. The van der Waals surface area contributed by atoms with Crippen molar-refractivity contribution < 1.29 is 0 Å². The SMILES string of the molecule is NCc1ccc2nc(Cc3cn(-c4cccc5[nH]ncc45)nn3)cn2c1. The topological polar surface area (TPSA) is 103 Å². The smallest absolute Gasteiger partial charge is 0.137 e. The van der Waals surface area contributed by atoms with Gasteiger partial charge in [-0.05, 0) is 23.8 Å². The number of nitrogens with one attached hydrogen (secondary N) is 1. The quantitative estimate of drug-likeness (QED) is 0.518. The molecule has 1 aromatic carbocycles. The van der Waals surface area contributed by atoms with Crippen LogP contribution in [0.3, 0.4) is 0 Å². The maximum atomic E-state index is 5.70. The van der Waals surface area contributed by atoms with E-state index in [2.05, 4.69) is 25.5 Å². The van der Waals surface area contributed by atoms with Gasteiger partial charge in [0.2, 0.25) is 0 Å².